The molecule has 8 aromatic rings. The molecule has 3 heterocycles. The van der Waals surface area contributed by atoms with E-state index in [9.17, 15) is 0 Å². The van der Waals surface area contributed by atoms with Crippen molar-refractivity contribution in [2.24, 2.45) is 0 Å². The first-order valence-corrected chi connectivity index (χ1v) is 28.2. The molecule has 0 bridgehead atoms. The van der Waals surface area contributed by atoms with Gasteiger partial charge < -0.3 is 14.6 Å². The molecule has 6 aliphatic rings. The molecule has 75 heavy (non-hydrogen) atoms. The molecule has 0 N–H and O–H groups in total. The minimum atomic E-state index is -0.213. The third-order valence-electron chi connectivity index (χ3n) is 20.2. The van der Waals surface area contributed by atoms with E-state index in [4.69, 9.17) is 0 Å². The second-order valence-corrected chi connectivity index (χ2v) is 26.7. The van der Waals surface area contributed by atoms with Crippen molar-refractivity contribution in [2.75, 3.05) is 14.6 Å². The van der Waals surface area contributed by atoms with Crippen LogP contribution in [0, 0.1) is 0 Å². The minimum Gasteiger partial charge on any atom is -0.376 e. The first kappa shape index (κ1) is 46.7. The molecule has 2 unspecified atom stereocenters. The fourth-order valence-corrected chi connectivity index (χ4v) is 15.5. The zero-order valence-electron chi connectivity index (χ0n) is 46.3. The average Bonchev–Trinajstić information content (AvgIpc) is 3.76. The van der Waals surface area contributed by atoms with Crippen molar-refractivity contribution in [1.82, 2.24) is 0 Å². The molecule has 0 radical (unpaired) electrons. The van der Waals surface area contributed by atoms with Crippen LogP contribution in [0.1, 0.15) is 148 Å². The van der Waals surface area contributed by atoms with Crippen LogP contribution in [0.25, 0.3) is 33.4 Å². The molecule has 0 aromatic heterocycles. The Morgan fingerprint density at radius 1 is 0.467 bits per heavy atom. The van der Waals surface area contributed by atoms with Crippen LogP contribution < -0.4 is 25.5 Å². The monoisotopic (exact) mass is 978 g/mol. The highest BCUT2D eigenvalue weighted by molar-refractivity contribution is 6.93. The van der Waals surface area contributed by atoms with Gasteiger partial charge in [-0.2, -0.15) is 0 Å². The Bertz CT molecular complexity index is 3620. The van der Waals surface area contributed by atoms with E-state index in [1.165, 1.54) is 133 Å². The Morgan fingerprint density at radius 2 is 1.04 bits per heavy atom. The number of para-hydroxylation sites is 2. The van der Waals surface area contributed by atoms with Crippen LogP contribution in [0.5, 0.6) is 0 Å². The van der Waals surface area contributed by atoms with Crippen LogP contribution in [0.2, 0.25) is 0 Å². The highest BCUT2D eigenvalue weighted by Gasteiger charge is 2.62. The lowest BCUT2D eigenvalue weighted by atomic mass is 9.43. The summed E-state index contributed by atoms with van der Waals surface area (Å²) in [6, 6.07) is 63.7. The summed E-state index contributed by atoms with van der Waals surface area (Å²) in [6.45, 7) is 27.4. The lowest BCUT2D eigenvalue weighted by Gasteiger charge is -2.53. The van der Waals surface area contributed by atoms with Crippen LogP contribution in [0.15, 0.2) is 164 Å². The molecule has 8 aromatic carbocycles. The lowest BCUT2D eigenvalue weighted by Crippen LogP contribution is -2.64. The van der Waals surface area contributed by atoms with Crippen LogP contribution in [0.4, 0.5) is 39.8 Å². The fourth-order valence-electron chi connectivity index (χ4n) is 15.5. The maximum absolute atomic E-state index is 2.92. The second-order valence-electron chi connectivity index (χ2n) is 26.7. The molecule has 0 saturated heterocycles. The molecular formula is C71H72BN3. The summed E-state index contributed by atoms with van der Waals surface area (Å²) in [4.78, 5) is 8.23. The van der Waals surface area contributed by atoms with E-state index in [0.717, 1.165) is 17.8 Å². The zero-order valence-corrected chi connectivity index (χ0v) is 46.3. The van der Waals surface area contributed by atoms with E-state index < -0.39 is 0 Å². The summed E-state index contributed by atoms with van der Waals surface area (Å²) < 4.78 is 0. The van der Waals surface area contributed by atoms with Crippen LogP contribution >= 0.6 is 0 Å². The molecule has 1 saturated carbocycles. The number of benzene rings is 8. The molecule has 3 aliphatic carbocycles. The van der Waals surface area contributed by atoms with Gasteiger partial charge >= 0.3 is 6.85 Å². The Kier molecular flexibility index (Phi) is 9.76. The van der Waals surface area contributed by atoms with Gasteiger partial charge in [0.05, 0.1) is 5.54 Å². The Labute approximate surface area is 447 Å². The van der Waals surface area contributed by atoms with Crippen molar-refractivity contribution in [2.45, 2.75) is 147 Å². The molecule has 2 atom stereocenters. The Hall–Kier alpha value is -6.78. The molecule has 0 amide bonds. The smallest absolute Gasteiger partial charge is 0.333 e. The van der Waals surface area contributed by atoms with Crippen molar-refractivity contribution >= 4 is 57.6 Å². The average molecular weight is 978 g/mol. The first-order valence-electron chi connectivity index (χ1n) is 28.2. The van der Waals surface area contributed by atoms with E-state index >= 15 is 0 Å². The van der Waals surface area contributed by atoms with Gasteiger partial charge in [-0.1, -0.05) is 179 Å². The van der Waals surface area contributed by atoms with Crippen LogP contribution in [0.3, 0.4) is 0 Å². The van der Waals surface area contributed by atoms with Gasteiger partial charge in [0.15, 0.2) is 0 Å². The van der Waals surface area contributed by atoms with Crippen molar-refractivity contribution in [1.29, 1.82) is 0 Å². The number of nitrogens with zero attached hydrogens (tertiary/aromatic N) is 3. The number of anilines is 7. The maximum Gasteiger partial charge on any atom is 0.333 e. The number of hydrogen-bond donors (Lipinski definition) is 0. The third-order valence-corrected chi connectivity index (χ3v) is 20.2. The summed E-state index contributed by atoms with van der Waals surface area (Å²) in [7, 11) is 0. The third kappa shape index (κ3) is 6.47. The first-order chi connectivity index (χ1) is 35.8. The molecule has 0 spiro atoms. The van der Waals surface area contributed by atoms with E-state index in [2.05, 4.69) is 255 Å². The van der Waals surface area contributed by atoms with Crippen molar-refractivity contribution in [3.05, 3.63) is 197 Å². The molecule has 1 fully saturated rings. The fraction of sp³-hybridized carbons (Fsp3) is 0.324. The predicted molar refractivity (Wildman–Crippen MR) is 320 cm³/mol. The Balaban J connectivity index is 1.12. The van der Waals surface area contributed by atoms with Crippen LogP contribution in [-0.2, 0) is 27.1 Å². The number of fused-ring (bicyclic) bond motifs is 11. The standard InChI is InChI=1S/C71H72BN3/c1-66(2,3)47-37-60-65-61(38-47)72-64-55(39-51(40-63(64)74(65)71(11)34-22-21-33-70(60,71)10)73(48-25-17-13-18-26-48)49-27-19-14-20-28-49)54-41-52-53-42-58-59(68(6,7)36-35-67(58,4)5)43-56(53)69(8,9)57(52)44-62(54)75(72)50-31-29-46(30-32-50)45-23-15-12-16-24-45/h12-20,23-32,37-44H,21-22,33-36H2,1-11H3. The highest BCUT2D eigenvalue weighted by Crippen LogP contribution is 2.64. The normalized spacial score (nSPS) is 21.6. The molecule has 3 nitrogen and oxygen atoms in total. The Morgan fingerprint density at radius 3 is 1.68 bits per heavy atom. The van der Waals surface area contributed by atoms with Gasteiger partial charge in [-0.05, 0) is 188 Å². The van der Waals surface area contributed by atoms with Crippen molar-refractivity contribution in [3.63, 3.8) is 0 Å². The topological polar surface area (TPSA) is 9.72 Å². The quantitative estimate of drug-likeness (QED) is 0.159. The highest BCUT2D eigenvalue weighted by atomic mass is 15.3. The molecule has 14 rings (SSSR count). The van der Waals surface area contributed by atoms with E-state index in [1.807, 2.05) is 0 Å². The van der Waals surface area contributed by atoms with Gasteiger partial charge in [-0.15, -0.1) is 0 Å². The van der Waals surface area contributed by atoms with Crippen LogP contribution in [-0.4, -0.2) is 12.4 Å². The minimum absolute atomic E-state index is 0.0447. The SMILES string of the molecule is CC(C)(C)c1cc2c3c(c1)C1(C)CCCCC1(C)N3c1cc(N(c3ccccc3)c3ccccc3)cc3c1B2N(c1ccc(-c2ccccc2)cc1)c1cc2c(cc1-3)-c1cc3c(cc1C2(C)C)C(C)(C)CCC3(C)C. The van der Waals surface area contributed by atoms with Gasteiger partial charge in [-0.3, -0.25) is 0 Å². The number of hydrogen-bond acceptors (Lipinski definition) is 3. The summed E-state index contributed by atoms with van der Waals surface area (Å²) in [5.41, 5.74) is 28.3. The van der Waals surface area contributed by atoms with Gasteiger partial charge in [0, 0.05) is 56.2 Å². The summed E-state index contributed by atoms with van der Waals surface area (Å²) in [6.07, 6.45) is 7.19. The van der Waals surface area contributed by atoms with E-state index in [-0.39, 0.29) is 39.5 Å². The molecule has 3 aliphatic heterocycles. The summed E-state index contributed by atoms with van der Waals surface area (Å²) >= 11 is 0. The number of rotatable bonds is 5. The van der Waals surface area contributed by atoms with Gasteiger partial charge in [-0.25, -0.2) is 0 Å². The molecule has 4 heteroatoms. The zero-order chi connectivity index (χ0) is 51.8. The second kappa shape index (κ2) is 15.7. The van der Waals surface area contributed by atoms with E-state index in [1.54, 1.807) is 5.56 Å². The summed E-state index contributed by atoms with van der Waals surface area (Å²) in [5.74, 6) is 0. The molecule has 374 valence electrons. The van der Waals surface area contributed by atoms with Gasteiger partial charge in [0.1, 0.15) is 0 Å². The largest absolute Gasteiger partial charge is 0.376 e. The predicted octanol–water partition coefficient (Wildman–Crippen LogP) is 17.8. The van der Waals surface area contributed by atoms with E-state index in [0.29, 0.717) is 0 Å². The lowest BCUT2D eigenvalue weighted by molar-refractivity contribution is 0.195. The van der Waals surface area contributed by atoms with Gasteiger partial charge in [0.25, 0.3) is 0 Å². The molecular weight excluding hydrogens is 906 g/mol. The van der Waals surface area contributed by atoms with Crippen molar-refractivity contribution in [3.8, 4) is 33.4 Å². The van der Waals surface area contributed by atoms with Gasteiger partial charge in [0.2, 0.25) is 0 Å². The van der Waals surface area contributed by atoms with Crippen molar-refractivity contribution < 1.29 is 0 Å². The summed E-state index contributed by atoms with van der Waals surface area (Å²) in [5, 5.41) is 0. The maximum atomic E-state index is 2.92.